The van der Waals surface area contributed by atoms with Gasteiger partial charge >= 0.3 is 0 Å². The van der Waals surface area contributed by atoms with E-state index in [1.807, 2.05) is 65.4 Å². The minimum atomic E-state index is -0.0431. The highest BCUT2D eigenvalue weighted by molar-refractivity contribution is 7.13. The largest absolute Gasteiger partial charge is 0.497 e. The van der Waals surface area contributed by atoms with E-state index < -0.39 is 0 Å². The Labute approximate surface area is 183 Å². The number of hydrogen-bond acceptors (Lipinski definition) is 4. The quantitative estimate of drug-likeness (QED) is 0.372. The van der Waals surface area contributed by atoms with Gasteiger partial charge in [0.15, 0.2) is 5.43 Å². The van der Waals surface area contributed by atoms with Crippen LogP contribution in [0.2, 0.25) is 5.02 Å². The molecule has 2 aromatic heterocycles. The zero-order chi connectivity index (χ0) is 21.3. The fraction of sp³-hybridized carbons (Fsp3) is 0.125. The minimum absolute atomic E-state index is 0.0431. The number of benzene rings is 2. The smallest absolute Gasteiger partial charge is 0.185 e. The monoisotopic (exact) mass is 437 g/mol. The maximum absolute atomic E-state index is 13.0. The van der Waals surface area contributed by atoms with Crippen LogP contribution in [0.25, 0.3) is 27.5 Å². The van der Waals surface area contributed by atoms with Crippen LogP contribution >= 0.6 is 22.9 Å². The second-order valence-corrected chi connectivity index (χ2v) is 8.09. The Bertz CT molecular complexity index is 1240. The summed E-state index contributed by atoms with van der Waals surface area (Å²) in [5.74, 6) is 1.28. The summed E-state index contributed by atoms with van der Waals surface area (Å²) in [6, 6.07) is 18.9. The number of para-hydroxylation sites is 1. The number of methoxy groups -OCH3 is 2. The van der Waals surface area contributed by atoms with E-state index >= 15 is 0 Å². The Morgan fingerprint density at radius 3 is 2.23 bits per heavy atom. The molecule has 4 nitrogen and oxygen atoms in total. The third-order valence-corrected chi connectivity index (χ3v) is 6.16. The van der Waals surface area contributed by atoms with E-state index in [4.69, 9.17) is 21.1 Å². The standard InChI is InChI=1S/C24H20ClNO3S/c1-15-22(27)14-21(23-9-6-10-30-23)26(20-8-5-4-7-19(20)25)24(15)16-11-17(28-2)13-18(12-16)29-3/h4-14H,1-3H3. The maximum Gasteiger partial charge on any atom is 0.185 e. The molecule has 30 heavy (non-hydrogen) atoms. The number of nitrogens with zero attached hydrogens (tertiary/aromatic N) is 1. The zero-order valence-corrected chi connectivity index (χ0v) is 18.4. The molecule has 4 rings (SSSR count). The molecule has 0 N–H and O–H groups in total. The third-order valence-electron chi connectivity index (χ3n) is 4.95. The summed E-state index contributed by atoms with van der Waals surface area (Å²) < 4.78 is 13.0. The van der Waals surface area contributed by atoms with Crippen molar-refractivity contribution in [1.29, 1.82) is 0 Å². The summed E-state index contributed by atoms with van der Waals surface area (Å²) in [4.78, 5) is 14.0. The summed E-state index contributed by atoms with van der Waals surface area (Å²) in [5, 5.41) is 2.58. The van der Waals surface area contributed by atoms with Crippen LogP contribution in [0.4, 0.5) is 0 Å². The first kappa shape index (κ1) is 20.3. The highest BCUT2D eigenvalue weighted by Crippen LogP contribution is 2.37. The summed E-state index contributed by atoms with van der Waals surface area (Å²) >= 11 is 8.19. The molecule has 0 saturated carbocycles. The number of pyridine rings is 1. The van der Waals surface area contributed by atoms with Crippen molar-refractivity contribution in [3.8, 4) is 39.0 Å². The molecule has 0 aliphatic rings. The van der Waals surface area contributed by atoms with E-state index in [2.05, 4.69) is 0 Å². The Balaban J connectivity index is 2.16. The summed E-state index contributed by atoms with van der Waals surface area (Å²) in [6.07, 6.45) is 0. The molecule has 2 aromatic carbocycles. The van der Waals surface area contributed by atoms with Crippen LogP contribution in [0.15, 0.2) is 70.8 Å². The molecule has 6 heteroatoms. The molecule has 0 atom stereocenters. The Kier molecular flexibility index (Phi) is 5.66. The molecule has 0 bridgehead atoms. The van der Waals surface area contributed by atoms with Crippen LogP contribution in [0.3, 0.4) is 0 Å². The molecule has 0 aliphatic heterocycles. The molecular formula is C24H20ClNO3S. The second-order valence-electron chi connectivity index (χ2n) is 6.73. The predicted octanol–water partition coefficient (Wildman–Crippen LogP) is 6.21. The molecule has 0 fully saturated rings. The molecule has 0 unspecified atom stereocenters. The molecular weight excluding hydrogens is 418 g/mol. The van der Waals surface area contributed by atoms with Crippen molar-refractivity contribution in [2.45, 2.75) is 6.92 Å². The molecule has 0 radical (unpaired) electrons. The van der Waals surface area contributed by atoms with Crippen LogP contribution in [-0.2, 0) is 0 Å². The van der Waals surface area contributed by atoms with Crippen molar-refractivity contribution in [2.75, 3.05) is 14.2 Å². The van der Waals surface area contributed by atoms with Crippen molar-refractivity contribution in [3.63, 3.8) is 0 Å². The lowest BCUT2D eigenvalue weighted by molar-refractivity contribution is 0.394. The molecule has 0 spiro atoms. The third kappa shape index (κ3) is 3.62. The van der Waals surface area contributed by atoms with Crippen LogP contribution in [0.1, 0.15) is 5.56 Å². The normalized spacial score (nSPS) is 10.8. The van der Waals surface area contributed by atoms with Crippen LogP contribution < -0.4 is 14.9 Å². The van der Waals surface area contributed by atoms with Crippen molar-refractivity contribution >= 4 is 22.9 Å². The van der Waals surface area contributed by atoms with Gasteiger partial charge in [0.05, 0.1) is 41.2 Å². The summed E-state index contributed by atoms with van der Waals surface area (Å²) in [6.45, 7) is 1.83. The number of ether oxygens (including phenoxy) is 2. The van der Waals surface area contributed by atoms with Crippen LogP contribution in [0, 0.1) is 6.92 Å². The number of rotatable bonds is 5. The molecule has 2 heterocycles. The van der Waals surface area contributed by atoms with Gasteiger partial charge in [0.2, 0.25) is 0 Å². The fourth-order valence-electron chi connectivity index (χ4n) is 3.48. The van der Waals surface area contributed by atoms with E-state index in [9.17, 15) is 4.79 Å². The van der Waals surface area contributed by atoms with E-state index in [1.165, 1.54) is 0 Å². The predicted molar refractivity (Wildman–Crippen MR) is 124 cm³/mol. The first-order chi connectivity index (χ1) is 14.5. The van der Waals surface area contributed by atoms with Gasteiger partial charge in [-0.05, 0) is 42.6 Å². The lowest BCUT2D eigenvalue weighted by Crippen LogP contribution is -2.15. The maximum atomic E-state index is 13.0. The highest BCUT2D eigenvalue weighted by Gasteiger charge is 2.20. The van der Waals surface area contributed by atoms with E-state index in [0.717, 1.165) is 27.5 Å². The van der Waals surface area contributed by atoms with E-state index in [1.54, 1.807) is 37.7 Å². The van der Waals surface area contributed by atoms with Gasteiger partial charge < -0.3 is 14.0 Å². The number of hydrogen-bond donors (Lipinski definition) is 0. The molecule has 0 aliphatic carbocycles. The van der Waals surface area contributed by atoms with E-state index in [0.29, 0.717) is 22.1 Å². The average molecular weight is 438 g/mol. The summed E-state index contributed by atoms with van der Waals surface area (Å²) in [5.41, 5.74) is 3.70. The van der Waals surface area contributed by atoms with Crippen molar-refractivity contribution in [2.24, 2.45) is 0 Å². The molecule has 152 valence electrons. The minimum Gasteiger partial charge on any atom is -0.497 e. The zero-order valence-electron chi connectivity index (χ0n) is 16.8. The van der Waals surface area contributed by atoms with Crippen molar-refractivity contribution in [3.05, 3.63) is 86.9 Å². The molecule has 4 aromatic rings. The van der Waals surface area contributed by atoms with Gasteiger partial charge in [0, 0.05) is 23.3 Å². The second kappa shape index (κ2) is 8.38. The highest BCUT2D eigenvalue weighted by atomic mass is 35.5. The Hall–Kier alpha value is -3.02. The van der Waals surface area contributed by atoms with Crippen LogP contribution in [-0.4, -0.2) is 18.8 Å². The molecule has 0 amide bonds. The Morgan fingerprint density at radius 2 is 1.63 bits per heavy atom. The van der Waals surface area contributed by atoms with Gasteiger partial charge in [0.1, 0.15) is 11.5 Å². The van der Waals surface area contributed by atoms with Gasteiger partial charge in [-0.15, -0.1) is 11.3 Å². The number of aromatic nitrogens is 1. The average Bonchev–Trinajstić information content (AvgIpc) is 3.30. The van der Waals surface area contributed by atoms with Crippen LogP contribution in [0.5, 0.6) is 11.5 Å². The van der Waals surface area contributed by atoms with Gasteiger partial charge in [-0.3, -0.25) is 4.79 Å². The van der Waals surface area contributed by atoms with Gasteiger partial charge in [0.25, 0.3) is 0 Å². The van der Waals surface area contributed by atoms with E-state index in [-0.39, 0.29) is 5.43 Å². The van der Waals surface area contributed by atoms with Gasteiger partial charge in [-0.2, -0.15) is 0 Å². The first-order valence-corrected chi connectivity index (χ1v) is 10.6. The lowest BCUT2D eigenvalue weighted by Gasteiger charge is -2.22. The van der Waals surface area contributed by atoms with Crippen molar-refractivity contribution in [1.82, 2.24) is 4.57 Å². The van der Waals surface area contributed by atoms with Gasteiger partial charge in [-0.1, -0.05) is 29.8 Å². The molecule has 0 saturated heterocycles. The number of thiophene rings is 1. The Morgan fingerprint density at radius 1 is 0.933 bits per heavy atom. The van der Waals surface area contributed by atoms with Gasteiger partial charge in [-0.25, -0.2) is 0 Å². The topological polar surface area (TPSA) is 40.5 Å². The lowest BCUT2D eigenvalue weighted by atomic mass is 10.0. The fourth-order valence-corrected chi connectivity index (χ4v) is 4.43. The first-order valence-electron chi connectivity index (χ1n) is 9.32. The number of halogens is 1. The summed E-state index contributed by atoms with van der Waals surface area (Å²) in [7, 11) is 3.21. The SMILES string of the molecule is COc1cc(OC)cc(-c2c(C)c(=O)cc(-c3cccs3)n2-c2ccccc2Cl)c1. The van der Waals surface area contributed by atoms with Crippen molar-refractivity contribution < 1.29 is 9.47 Å².